The Morgan fingerprint density at radius 3 is 2.76 bits per heavy atom. The number of aryl methyl sites for hydroxylation is 1. The topological polar surface area (TPSA) is 17.1 Å². The molecule has 0 amide bonds. The molecule has 0 spiro atoms. The minimum Gasteiger partial charge on any atom is -0.288 e. The van der Waals surface area contributed by atoms with Gasteiger partial charge < -0.3 is 0 Å². The van der Waals surface area contributed by atoms with Gasteiger partial charge in [0.15, 0.2) is 0 Å². The van der Waals surface area contributed by atoms with E-state index in [-0.39, 0.29) is 16.4 Å². The molecule has 0 fully saturated rings. The van der Waals surface area contributed by atoms with Crippen molar-refractivity contribution in [2.24, 2.45) is 0 Å². The van der Waals surface area contributed by atoms with E-state index in [0.717, 1.165) is 4.88 Å². The third-order valence-corrected chi connectivity index (χ3v) is 4.53. The van der Waals surface area contributed by atoms with Crippen molar-refractivity contribution in [3.05, 3.63) is 54.9 Å². The summed E-state index contributed by atoms with van der Waals surface area (Å²) in [5, 5.41) is -0.129. The summed E-state index contributed by atoms with van der Waals surface area (Å²) in [4.78, 5) is 13.7. The van der Waals surface area contributed by atoms with E-state index in [1.165, 1.54) is 29.5 Å². The Hall–Kier alpha value is -0.710. The van der Waals surface area contributed by atoms with Gasteiger partial charge in [0.1, 0.15) is 5.82 Å². The quantitative estimate of drug-likeness (QED) is 0.719. The molecule has 0 atom stereocenters. The molecule has 1 nitrogen and oxygen atoms in total. The summed E-state index contributed by atoms with van der Waals surface area (Å²) in [6.07, 6.45) is 0. The van der Waals surface area contributed by atoms with Gasteiger partial charge in [-0.1, -0.05) is 17.7 Å². The standard InChI is InChI=1S/C12H7BrClFOS/c1-6-5-8(13)12(17-6)11(16)7-3-2-4-9(15)10(7)14/h2-5H,1H3. The van der Waals surface area contributed by atoms with Gasteiger partial charge in [0.2, 0.25) is 5.78 Å². The van der Waals surface area contributed by atoms with E-state index in [1.54, 1.807) is 0 Å². The molecule has 88 valence electrons. The van der Waals surface area contributed by atoms with Gasteiger partial charge in [-0.3, -0.25) is 4.79 Å². The average molecular weight is 334 g/mol. The lowest BCUT2D eigenvalue weighted by molar-refractivity contribution is 0.104. The van der Waals surface area contributed by atoms with Crippen LogP contribution in [0.1, 0.15) is 20.1 Å². The van der Waals surface area contributed by atoms with Crippen LogP contribution in [0.25, 0.3) is 0 Å². The Balaban J connectivity index is 2.51. The van der Waals surface area contributed by atoms with Gasteiger partial charge in [-0.25, -0.2) is 4.39 Å². The van der Waals surface area contributed by atoms with Crippen molar-refractivity contribution in [1.82, 2.24) is 0 Å². The van der Waals surface area contributed by atoms with E-state index >= 15 is 0 Å². The average Bonchev–Trinajstić information content (AvgIpc) is 2.61. The lowest BCUT2D eigenvalue weighted by Gasteiger charge is -2.02. The largest absolute Gasteiger partial charge is 0.288 e. The molecule has 2 aromatic rings. The number of hydrogen-bond donors (Lipinski definition) is 0. The molecule has 2 rings (SSSR count). The highest BCUT2D eigenvalue weighted by Gasteiger charge is 2.19. The van der Waals surface area contributed by atoms with Gasteiger partial charge in [0.05, 0.1) is 9.90 Å². The summed E-state index contributed by atoms with van der Waals surface area (Å²) in [7, 11) is 0. The Morgan fingerprint density at radius 1 is 1.47 bits per heavy atom. The summed E-state index contributed by atoms with van der Waals surface area (Å²) < 4.78 is 14.0. The second-order valence-electron chi connectivity index (χ2n) is 3.46. The first-order chi connectivity index (χ1) is 8.00. The molecule has 17 heavy (non-hydrogen) atoms. The molecule has 0 unspecified atom stereocenters. The first-order valence-corrected chi connectivity index (χ1v) is 6.74. The zero-order valence-corrected chi connectivity index (χ0v) is 11.9. The van der Waals surface area contributed by atoms with Crippen LogP contribution in [0.3, 0.4) is 0 Å². The highest BCUT2D eigenvalue weighted by atomic mass is 79.9. The van der Waals surface area contributed by atoms with Gasteiger partial charge in [0, 0.05) is 14.9 Å². The summed E-state index contributed by atoms with van der Waals surface area (Å²) in [5.41, 5.74) is 0.189. The minimum atomic E-state index is -0.582. The van der Waals surface area contributed by atoms with Crippen molar-refractivity contribution in [3.63, 3.8) is 0 Å². The summed E-state index contributed by atoms with van der Waals surface area (Å²) in [6, 6.07) is 6.08. The van der Waals surface area contributed by atoms with Gasteiger partial charge in [-0.2, -0.15) is 0 Å². The molecule has 0 bridgehead atoms. The van der Waals surface area contributed by atoms with Gasteiger partial charge in [-0.05, 0) is 41.1 Å². The molecular formula is C12H7BrClFOS. The van der Waals surface area contributed by atoms with Gasteiger partial charge in [0.25, 0.3) is 0 Å². The summed E-state index contributed by atoms with van der Waals surface area (Å²) in [5.74, 6) is -0.846. The second-order valence-corrected chi connectivity index (χ2v) is 5.95. The smallest absolute Gasteiger partial charge is 0.205 e. The van der Waals surface area contributed by atoms with Crippen molar-refractivity contribution in [2.75, 3.05) is 0 Å². The number of thiophene rings is 1. The predicted molar refractivity (Wildman–Crippen MR) is 71.6 cm³/mol. The molecule has 0 radical (unpaired) electrons. The molecule has 0 saturated heterocycles. The van der Waals surface area contributed by atoms with Crippen molar-refractivity contribution in [3.8, 4) is 0 Å². The molecule has 0 N–H and O–H groups in total. The van der Waals surface area contributed by atoms with Crippen molar-refractivity contribution < 1.29 is 9.18 Å². The summed E-state index contributed by atoms with van der Waals surface area (Å²) >= 11 is 10.5. The van der Waals surface area contributed by atoms with Gasteiger partial charge in [-0.15, -0.1) is 11.3 Å². The van der Waals surface area contributed by atoms with E-state index < -0.39 is 5.82 Å². The number of carbonyl (C=O) groups excluding carboxylic acids is 1. The molecule has 0 aliphatic carbocycles. The first-order valence-electron chi connectivity index (χ1n) is 4.75. The highest BCUT2D eigenvalue weighted by molar-refractivity contribution is 9.10. The van der Waals surface area contributed by atoms with Crippen LogP contribution in [0.5, 0.6) is 0 Å². The van der Waals surface area contributed by atoms with Crippen LogP contribution in [0.2, 0.25) is 5.02 Å². The van der Waals surface area contributed by atoms with Crippen LogP contribution in [0, 0.1) is 12.7 Å². The maximum absolute atomic E-state index is 13.3. The molecule has 0 aliphatic rings. The number of hydrogen-bond acceptors (Lipinski definition) is 2. The number of halogens is 3. The zero-order valence-electron chi connectivity index (χ0n) is 8.76. The maximum atomic E-state index is 13.3. The number of benzene rings is 1. The second kappa shape index (κ2) is 4.88. The van der Waals surface area contributed by atoms with Crippen LogP contribution in [0.4, 0.5) is 4.39 Å². The fourth-order valence-corrected chi connectivity index (χ4v) is 3.43. The van der Waals surface area contributed by atoms with Crippen molar-refractivity contribution in [1.29, 1.82) is 0 Å². The number of carbonyl (C=O) groups is 1. The molecular weight excluding hydrogens is 327 g/mol. The lowest BCUT2D eigenvalue weighted by atomic mass is 10.1. The highest BCUT2D eigenvalue weighted by Crippen LogP contribution is 2.31. The van der Waals surface area contributed by atoms with Crippen LogP contribution in [0.15, 0.2) is 28.7 Å². The lowest BCUT2D eigenvalue weighted by Crippen LogP contribution is -2.01. The fraction of sp³-hybridized carbons (Fsp3) is 0.0833. The Kier molecular flexibility index (Phi) is 3.66. The van der Waals surface area contributed by atoms with Crippen LogP contribution in [-0.2, 0) is 0 Å². The fourth-order valence-electron chi connectivity index (χ4n) is 1.44. The first kappa shape index (κ1) is 12.7. The van der Waals surface area contributed by atoms with E-state index in [4.69, 9.17) is 11.6 Å². The molecule has 1 aromatic carbocycles. The molecule has 1 heterocycles. The van der Waals surface area contributed by atoms with Crippen LogP contribution < -0.4 is 0 Å². The zero-order chi connectivity index (χ0) is 12.6. The van der Waals surface area contributed by atoms with E-state index in [1.807, 2.05) is 13.0 Å². The number of rotatable bonds is 2. The Morgan fingerprint density at radius 2 is 2.18 bits per heavy atom. The third-order valence-electron chi connectivity index (χ3n) is 2.21. The third kappa shape index (κ3) is 2.44. The molecule has 1 aromatic heterocycles. The van der Waals surface area contributed by atoms with Crippen LogP contribution in [-0.4, -0.2) is 5.78 Å². The Bertz CT molecular complexity index is 594. The van der Waals surface area contributed by atoms with E-state index in [9.17, 15) is 9.18 Å². The van der Waals surface area contributed by atoms with E-state index in [0.29, 0.717) is 9.35 Å². The monoisotopic (exact) mass is 332 g/mol. The van der Waals surface area contributed by atoms with Crippen molar-refractivity contribution in [2.45, 2.75) is 6.92 Å². The van der Waals surface area contributed by atoms with E-state index in [2.05, 4.69) is 15.9 Å². The predicted octanol–water partition coefficient (Wildman–Crippen LogP) is 4.84. The molecule has 0 aliphatic heterocycles. The maximum Gasteiger partial charge on any atom is 0.205 e. The molecule has 5 heteroatoms. The number of ketones is 1. The van der Waals surface area contributed by atoms with Crippen molar-refractivity contribution >= 4 is 44.7 Å². The SMILES string of the molecule is Cc1cc(Br)c(C(=O)c2cccc(F)c2Cl)s1. The normalized spacial score (nSPS) is 10.6. The van der Waals surface area contributed by atoms with Gasteiger partial charge >= 0.3 is 0 Å². The minimum absolute atomic E-state index is 0.129. The summed E-state index contributed by atoms with van der Waals surface area (Å²) in [6.45, 7) is 1.90. The van der Waals surface area contributed by atoms with Crippen LogP contribution >= 0.6 is 38.9 Å². The Labute approximate surface area is 115 Å². The molecule has 0 saturated carbocycles.